The number of nitrogens with zero attached hydrogens (tertiary/aromatic N) is 1. The first-order valence-corrected chi connectivity index (χ1v) is 18.7. The Kier molecular flexibility index (Phi) is 11.2. The molecule has 0 aliphatic rings. The molecule has 0 unspecified atom stereocenters. The number of carboxylic acid groups (broad SMARTS) is 1. The Morgan fingerprint density at radius 1 is 0.780 bits per heavy atom. The van der Waals surface area contributed by atoms with Gasteiger partial charge in [-0.25, -0.2) is 17.9 Å². The Morgan fingerprint density at radius 2 is 1.44 bits per heavy atom. The van der Waals surface area contributed by atoms with Gasteiger partial charge in [-0.05, 0) is 64.7 Å². The smallest absolute Gasteiger partial charge is 0.339 e. The van der Waals surface area contributed by atoms with Crippen molar-refractivity contribution in [3.8, 4) is 5.75 Å². The number of nitrogens with one attached hydrogen (secondary N) is 1. The van der Waals surface area contributed by atoms with Gasteiger partial charge in [0.25, 0.3) is 0 Å². The van der Waals surface area contributed by atoms with Crippen LogP contribution in [-0.2, 0) is 28.6 Å². The van der Waals surface area contributed by atoms with Gasteiger partial charge in [-0.1, -0.05) is 114 Å². The maximum Gasteiger partial charge on any atom is 0.339 e. The summed E-state index contributed by atoms with van der Waals surface area (Å²) in [5, 5.41) is 11.8. The second-order valence-electron chi connectivity index (χ2n) is 11.7. The first-order chi connectivity index (χ1) is 24.1. The molecule has 0 saturated heterocycles. The molecule has 0 bridgehead atoms. The van der Waals surface area contributed by atoms with E-state index in [1.807, 2.05) is 54.6 Å². The van der Waals surface area contributed by atoms with E-state index in [1.54, 1.807) is 36.4 Å². The number of halogens is 3. The van der Waals surface area contributed by atoms with Crippen LogP contribution in [0.1, 0.15) is 44.3 Å². The zero-order valence-electron chi connectivity index (χ0n) is 26.7. The predicted octanol–water partition coefficient (Wildman–Crippen LogP) is 9.22. The third-order valence-corrected chi connectivity index (χ3v) is 10.8. The number of ether oxygens (including phenoxy) is 1. The number of benzene rings is 5. The van der Waals surface area contributed by atoms with Gasteiger partial charge in [0.05, 0.1) is 28.4 Å². The molecule has 0 aliphatic heterocycles. The molecular weight excluding hydrogens is 715 g/mol. The molecule has 7 nitrogen and oxygen atoms in total. The van der Waals surface area contributed by atoms with E-state index in [0.717, 1.165) is 33.3 Å². The van der Waals surface area contributed by atoms with Gasteiger partial charge in [0.15, 0.2) is 0 Å². The second-order valence-corrected chi connectivity index (χ2v) is 14.8. The molecule has 6 rings (SSSR count). The lowest BCUT2D eigenvalue weighted by molar-refractivity contribution is 0.0692. The third-order valence-electron chi connectivity index (χ3n) is 8.42. The average Bonchev–Trinajstić information content (AvgIpc) is 3.39. The van der Waals surface area contributed by atoms with Crippen LogP contribution in [0.15, 0.2) is 121 Å². The fourth-order valence-corrected chi connectivity index (χ4v) is 7.90. The van der Waals surface area contributed by atoms with Crippen molar-refractivity contribution in [3.63, 3.8) is 0 Å². The minimum Gasteiger partial charge on any atom is -0.492 e. The van der Waals surface area contributed by atoms with Crippen LogP contribution in [0.5, 0.6) is 5.75 Å². The quantitative estimate of drug-likeness (QED) is 0.116. The van der Waals surface area contributed by atoms with Crippen molar-refractivity contribution < 1.29 is 23.1 Å². The highest BCUT2D eigenvalue weighted by Crippen LogP contribution is 2.38. The monoisotopic (exact) mass is 746 g/mol. The van der Waals surface area contributed by atoms with Crippen LogP contribution in [0.2, 0.25) is 15.1 Å². The fourth-order valence-electron chi connectivity index (χ4n) is 6.27. The molecule has 50 heavy (non-hydrogen) atoms. The van der Waals surface area contributed by atoms with E-state index in [9.17, 15) is 18.3 Å². The number of para-hydroxylation sites is 1. The molecule has 1 aromatic heterocycles. The summed E-state index contributed by atoms with van der Waals surface area (Å²) >= 11 is 18.8. The number of aromatic nitrogens is 1. The first-order valence-electron chi connectivity index (χ1n) is 15.9. The van der Waals surface area contributed by atoms with E-state index in [-0.39, 0.29) is 41.3 Å². The van der Waals surface area contributed by atoms with Crippen LogP contribution in [0.3, 0.4) is 0 Å². The van der Waals surface area contributed by atoms with Crippen LogP contribution in [0, 0.1) is 0 Å². The number of rotatable bonds is 14. The van der Waals surface area contributed by atoms with E-state index >= 15 is 0 Å². The zero-order chi connectivity index (χ0) is 35.3. The average molecular weight is 748 g/mol. The Labute approximate surface area is 306 Å². The second kappa shape index (κ2) is 15.7. The Morgan fingerprint density at radius 3 is 2.10 bits per heavy atom. The zero-order valence-corrected chi connectivity index (χ0v) is 29.8. The molecule has 0 fully saturated rings. The molecule has 6 aromatic rings. The van der Waals surface area contributed by atoms with Crippen LogP contribution in [0.25, 0.3) is 10.9 Å². The van der Waals surface area contributed by atoms with E-state index in [4.69, 9.17) is 39.5 Å². The fraction of sp³-hybridized carbons (Fsp3) is 0.154. The molecule has 256 valence electrons. The SMILES string of the molecule is O=C(O)c1ccccc1OCCc1c(CCNS(=O)(=O)Cc2ccc(Cl)c(Cl)c2)n(C(c2ccccc2)c2ccccc2)c2ccc(Cl)cc12. The summed E-state index contributed by atoms with van der Waals surface area (Å²) in [7, 11) is -3.75. The van der Waals surface area contributed by atoms with Crippen molar-refractivity contribution in [3.05, 3.63) is 170 Å². The van der Waals surface area contributed by atoms with Gasteiger partial charge in [-0.15, -0.1) is 0 Å². The number of hydrogen-bond donors (Lipinski definition) is 2. The number of aromatic carboxylic acids is 1. The van der Waals surface area contributed by atoms with Gasteiger partial charge >= 0.3 is 5.97 Å². The Hall–Kier alpha value is -4.31. The topological polar surface area (TPSA) is 97.6 Å². The van der Waals surface area contributed by atoms with Gasteiger partial charge in [0.1, 0.15) is 11.3 Å². The predicted molar refractivity (Wildman–Crippen MR) is 200 cm³/mol. The minimum atomic E-state index is -3.75. The van der Waals surface area contributed by atoms with Gasteiger partial charge < -0.3 is 14.4 Å². The van der Waals surface area contributed by atoms with Crippen LogP contribution >= 0.6 is 34.8 Å². The van der Waals surface area contributed by atoms with Crippen molar-refractivity contribution in [2.24, 2.45) is 0 Å². The van der Waals surface area contributed by atoms with E-state index in [2.05, 4.69) is 33.6 Å². The summed E-state index contributed by atoms with van der Waals surface area (Å²) in [5.41, 5.74) is 5.42. The van der Waals surface area contributed by atoms with Crippen molar-refractivity contribution in [1.82, 2.24) is 9.29 Å². The molecule has 0 atom stereocenters. The van der Waals surface area contributed by atoms with E-state index < -0.39 is 16.0 Å². The number of sulfonamides is 1. The van der Waals surface area contributed by atoms with Crippen LogP contribution in [-0.4, -0.2) is 37.2 Å². The molecule has 0 radical (unpaired) electrons. The van der Waals surface area contributed by atoms with Gasteiger partial charge in [-0.3, -0.25) is 0 Å². The molecule has 5 aromatic carbocycles. The Balaban J connectivity index is 1.42. The van der Waals surface area contributed by atoms with E-state index in [0.29, 0.717) is 28.5 Å². The van der Waals surface area contributed by atoms with Crippen molar-refractivity contribution in [2.45, 2.75) is 24.6 Å². The van der Waals surface area contributed by atoms with Gasteiger partial charge in [0.2, 0.25) is 10.0 Å². The largest absolute Gasteiger partial charge is 0.492 e. The lowest BCUT2D eigenvalue weighted by Gasteiger charge is -2.25. The highest BCUT2D eigenvalue weighted by molar-refractivity contribution is 7.88. The number of carboxylic acids is 1. The van der Waals surface area contributed by atoms with E-state index in [1.165, 1.54) is 6.07 Å². The minimum absolute atomic E-state index is 0.0720. The van der Waals surface area contributed by atoms with Crippen molar-refractivity contribution in [1.29, 1.82) is 0 Å². The lowest BCUT2D eigenvalue weighted by atomic mass is 9.97. The summed E-state index contributed by atoms with van der Waals surface area (Å²) in [6.45, 7) is 0.285. The van der Waals surface area contributed by atoms with Crippen LogP contribution < -0.4 is 9.46 Å². The Bertz CT molecular complexity index is 2200. The maximum absolute atomic E-state index is 13.3. The summed E-state index contributed by atoms with van der Waals surface area (Å²) in [4.78, 5) is 11.8. The molecule has 0 amide bonds. The third kappa shape index (κ3) is 8.18. The van der Waals surface area contributed by atoms with Crippen molar-refractivity contribution >= 4 is 61.7 Å². The molecule has 11 heteroatoms. The normalized spacial score (nSPS) is 11.7. The van der Waals surface area contributed by atoms with Gasteiger partial charge in [-0.2, -0.15) is 0 Å². The lowest BCUT2D eigenvalue weighted by Crippen LogP contribution is -2.28. The molecule has 1 heterocycles. The summed E-state index contributed by atoms with van der Waals surface area (Å²) in [6.07, 6.45) is 0.740. The molecule has 0 spiro atoms. The standard InChI is InChI=1S/C39H33Cl3N2O5S/c40-29-16-18-35-32(24-29)30(20-22-49-37-14-8-7-13-31(37)39(45)46)36(19-21-43-50(47,48)25-26-15-17-33(41)34(42)23-26)44(35)38(27-9-3-1-4-10-27)28-11-5-2-6-12-28/h1-18,23-24,38,43H,19-22,25H2,(H,45,46). The number of fused-ring (bicyclic) bond motifs is 1. The summed E-state index contributed by atoms with van der Waals surface area (Å²) in [5.74, 6) is -1.07. The molecular formula is C39H33Cl3N2O5S. The van der Waals surface area contributed by atoms with Crippen molar-refractivity contribution in [2.75, 3.05) is 13.2 Å². The first kappa shape index (κ1) is 35.5. The highest BCUT2D eigenvalue weighted by Gasteiger charge is 2.26. The van der Waals surface area contributed by atoms with Crippen LogP contribution in [0.4, 0.5) is 0 Å². The maximum atomic E-state index is 13.3. The number of carbonyl (C=O) groups is 1. The summed E-state index contributed by atoms with van der Waals surface area (Å²) < 4.78 is 37.7. The van der Waals surface area contributed by atoms with Gasteiger partial charge in [0, 0.05) is 41.0 Å². The molecule has 2 N–H and O–H groups in total. The molecule has 0 aliphatic carbocycles. The highest BCUT2D eigenvalue weighted by atomic mass is 35.5. The number of hydrogen-bond acceptors (Lipinski definition) is 4. The molecule has 0 saturated carbocycles. The summed E-state index contributed by atoms with van der Waals surface area (Å²) in [6, 6.07) is 37.0.